The molecule has 0 saturated carbocycles. The Kier molecular flexibility index (Phi) is 5.25. The molecule has 0 amide bonds. The van der Waals surface area contributed by atoms with Crippen LogP contribution in [-0.4, -0.2) is 25.1 Å². The van der Waals surface area contributed by atoms with Crippen molar-refractivity contribution >= 4 is 15.9 Å². The number of ether oxygens (including phenoxy) is 2. The summed E-state index contributed by atoms with van der Waals surface area (Å²) >= 11 is 3.51. The van der Waals surface area contributed by atoms with Crippen LogP contribution in [0.3, 0.4) is 0 Å². The largest absolute Gasteiger partial charge is 0.376 e. The summed E-state index contributed by atoms with van der Waals surface area (Å²) in [4.78, 5) is 0. The Bertz CT molecular complexity index is 794. The van der Waals surface area contributed by atoms with Crippen LogP contribution in [0.4, 0.5) is 0 Å². The second kappa shape index (κ2) is 7.26. The maximum absolute atomic E-state index is 11.9. The van der Waals surface area contributed by atoms with Crippen molar-refractivity contribution in [1.82, 2.24) is 0 Å². The topological polar surface area (TPSA) is 38.7 Å². The third-order valence-electron chi connectivity index (χ3n) is 4.67. The molecule has 0 aliphatic heterocycles. The van der Waals surface area contributed by atoms with Crippen LogP contribution in [0.25, 0.3) is 0 Å². The molecule has 0 spiro atoms. The van der Waals surface area contributed by atoms with Gasteiger partial charge >= 0.3 is 0 Å². The Balaban J connectivity index is 2.16. The highest BCUT2D eigenvalue weighted by atomic mass is 79.9. The van der Waals surface area contributed by atoms with E-state index in [1.807, 2.05) is 72.8 Å². The van der Waals surface area contributed by atoms with E-state index in [-0.39, 0.29) is 0 Å². The minimum absolute atomic E-state index is 0.425. The second-order valence-corrected chi connectivity index (χ2v) is 6.95. The highest BCUT2D eigenvalue weighted by Gasteiger charge is 2.41. The SMILES string of the molecule is COC1(OC)C=CC=C(C(O)(c2ccccc2)c2cccc(Br)c2)C1. The fraction of sp³-hybridized carbons (Fsp3) is 0.238. The quantitative estimate of drug-likeness (QED) is 0.747. The Morgan fingerprint density at radius 2 is 1.68 bits per heavy atom. The number of methoxy groups -OCH3 is 2. The van der Waals surface area contributed by atoms with Crippen molar-refractivity contribution in [2.75, 3.05) is 14.2 Å². The lowest BCUT2D eigenvalue weighted by atomic mass is 9.76. The molecule has 0 bridgehead atoms. The van der Waals surface area contributed by atoms with E-state index in [1.165, 1.54) is 0 Å². The van der Waals surface area contributed by atoms with Crippen molar-refractivity contribution in [2.45, 2.75) is 17.8 Å². The van der Waals surface area contributed by atoms with E-state index in [0.29, 0.717) is 6.42 Å². The lowest BCUT2D eigenvalue weighted by Crippen LogP contribution is -2.39. The van der Waals surface area contributed by atoms with Crippen molar-refractivity contribution in [1.29, 1.82) is 0 Å². The smallest absolute Gasteiger partial charge is 0.191 e. The minimum atomic E-state index is -1.28. The Labute approximate surface area is 156 Å². The van der Waals surface area contributed by atoms with E-state index < -0.39 is 11.4 Å². The lowest BCUT2D eigenvalue weighted by molar-refractivity contribution is -0.172. The summed E-state index contributed by atoms with van der Waals surface area (Å²) in [6.07, 6.45) is 6.10. The molecule has 0 radical (unpaired) electrons. The first kappa shape index (κ1) is 18.1. The minimum Gasteiger partial charge on any atom is -0.376 e. The van der Waals surface area contributed by atoms with E-state index in [2.05, 4.69) is 15.9 Å². The molecule has 1 N–H and O–H groups in total. The maximum Gasteiger partial charge on any atom is 0.191 e. The molecular weight excluding hydrogens is 380 g/mol. The molecule has 1 aliphatic carbocycles. The maximum atomic E-state index is 11.9. The molecule has 3 nitrogen and oxygen atoms in total. The Hall–Kier alpha value is -1.72. The van der Waals surface area contributed by atoms with E-state index in [0.717, 1.165) is 21.2 Å². The van der Waals surface area contributed by atoms with Gasteiger partial charge in [-0.1, -0.05) is 70.5 Å². The van der Waals surface area contributed by atoms with Gasteiger partial charge in [-0.3, -0.25) is 0 Å². The van der Waals surface area contributed by atoms with Crippen molar-refractivity contribution in [3.05, 3.63) is 94.0 Å². The fourth-order valence-electron chi connectivity index (χ4n) is 3.24. The van der Waals surface area contributed by atoms with E-state index in [1.54, 1.807) is 14.2 Å². The number of aliphatic hydroxyl groups is 1. The molecule has 0 aromatic heterocycles. The van der Waals surface area contributed by atoms with Crippen LogP contribution in [0.15, 0.2) is 82.9 Å². The van der Waals surface area contributed by atoms with Crippen LogP contribution in [0, 0.1) is 0 Å². The molecule has 2 aromatic carbocycles. The van der Waals surface area contributed by atoms with Crippen LogP contribution >= 0.6 is 15.9 Å². The Morgan fingerprint density at radius 3 is 2.32 bits per heavy atom. The number of hydrogen-bond acceptors (Lipinski definition) is 3. The van der Waals surface area contributed by atoms with Gasteiger partial charge in [-0.05, 0) is 34.9 Å². The third-order valence-corrected chi connectivity index (χ3v) is 5.17. The molecule has 0 saturated heterocycles. The molecule has 3 rings (SSSR count). The lowest BCUT2D eigenvalue weighted by Gasteiger charge is -2.38. The van der Waals surface area contributed by atoms with Crippen LogP contribution < -0.4 is 0 Å². The molecule has 1 unspecified atom stereocenters. The normalized spacial score (nSPS) is 18.5. The van der Waals surface area contributed by atoms with Gasteiger partial charge in [-0.2, -0.15) is 0 Å². The zero-order valence-electron chi connectivity index (χ0n) is 14.3. The van der Waals surface area contributed by atoms with Crippen molar-refractivity contribution < 1.29 is 14.6 Å². The first-order chi connectivity index (χ1) is 12.0. The number of benzene rings is 2. The standard InChI is InChI=1S/C21H21BrO3/c1-24-20(25-2)13-7-11-18(15-20)21(23,16-8-4-3-5-9-16)17-10-6-12-19(22)14-17/h3-14,23H,15H2,1-2H3. The Morgan fingerprint density at radius 1 is 1.00 bits per heavy atom. The van der Waals surface area contributed by atoms with Gasteiger partial charge in [0.05, 0.1) is 0 Å². The summed E-state index contributed by atoms with van der Waals surface area (Å²) in [5, 5.41) is 11.9. The second-order valence-electron chi connectivity index (χ2n) is 6.03. The van der Waals surface area contributed by atoms with Gasteiger partial charge in [-0.25, -0.2) is 0 Å². The molecule has 25 heavy (non-hydrogen) atoms. The van der Waals surface area contributed by atoms with Gasteiger partial charge in [0.1, 0.15) is 5.60 Å². The molecule has 0 heterocycles. The number of rotatable bonds is 5. The summed E-state index contributed by atoms with van der Waals surface area (Å²) in [7, 11) is 3.22. The molecule has 1 aliphatic rings. The van der Waals surface area contributed by atoms with Gasteiger partial charge in [0, 0.05) is 25.1 Å². The number of allylic oxidation sites excluding steroid dienone is 2. The number of halogens is 1. The third kappa shape index (κ3) is 3.35. The fourth-order valence-corrected chi connectivity index (χ4v) is 3.64. The predicted molar refractivity (Wildman–Crippen MR) is 102 cm³/mol. The van der Waals surface area contributed by atoms with Gasteiger partial charge in [0.25, 0.3) is 0 Å². The van der Waals surface area contributed by atoms with Gasteiger partial charge < -0.3 is 14.6 Å². The van der Waals surface area contributed by atoms with Gasteiger partial charge in [-0.15, -0.1) is 0 Å². The zero-order valence-corrected chi connectivity index (χ0v) is 15.9. The van der Waals surface area contributed by atoms with E-state index >= 15 is 0 Å². The van der Waals surface area contributed by atoms with Crippen molar-refractivity contribution in [3.8, 4) is 0 Å². The molecule has 2 aromatic rings. The van der Waals surface area contributed by atoms with E-state index in [9.17, 15) is 5.11 Å². The summed E-state index contributed by atoms with van der Waals surface area (Å²) in [6, 6.07) is 17.4. The van der Waals surface area contributed by atoms with E-state index in [4.69, 9.17) is 9.47 Å². The first-order valence-electron chi connectivity index (χ1n) is 8.07. The van der Waals surface area contributed by atoms with Crippen molar-refractivity contribution in [3.63, 3.8) is 0 Å². The van der Waals surface area contributed by atoms with Crippen LogP contribution in [0.1, 0.15) is 17.5 Å². The molecule has 1 atom stereocenters. The van der Waals surface area contributed by atoms with Crippen LogP contribution in [-0.2, 0) is 15.1 Å². The predicted octanol–water partition coefficient (Wildman–Crippen LogP) is 4.56. The summed E-state index contributed by atoms with van der Waals surface area (Å²) in [5.74, 6) is -0.876. The van der Waals surface area contributed by atoms with Gasteiger partial charge in [0.2, 0.25) is 0 Å². The van der Waals surface area contributed by atoms with Crippen LogP contribution in [0.5, 0.6) is 0 Å². The first-order valence-corrected chi connectivity index (χ1v) is 8.86. The highest BCUT2D eigenvalue weighted by Crippen LogP contribution is 2.43. The molecule has 130 valence electrons. The number of hydrogen-bond donors (Lipinski definition) is 1. The highest BCUT2D eigenvalue weighted by molar-refractivity contribution is 9.10. The summed E-state index contributed by atoms with van der Waals surface area (Å²) < 4.78 is 12.1. The zero-order chi connectivity index (χ0) is 17.9. The average molecular weight is 401 g/mol. The summed E-state index contributed by atoms with van der Waals surface area (Å²) in [6.45, 7) is 0. The van der Waals surface area contributed by atoms with Gasteiger partial charge in [0.15, 0.2) is 5.79 Å². The summed E-state index contributed by atoms with van der Waals surface area (Å²) in [5.41, 5.74) is 1.12. The molecule has 0 fully saturated rings. The average Bonchev–Trinajstić information content (AvgIpc) is 2.68. The molecule has 4 heteroatoms. The molecular formula is C21H21BrO3. The van der Waals surface area contributed by atoms with Crippen molar-refractivity contribution in [2.24, 2.45) is 0 Å². The van der Waals surface area contributed by atoms with Crippen LogP contribution in [0.2, 0.25) is 0 Å². The monoisotopic (exact) mass is 400 g/mol.